The topological polar surface area (TPSA) is 34.2 Å². The van der Waals surface area contributed by atoms with E-state index in [2.05, 4.69) is 64.4 Å². The van der Waals surface area contributed by atoms with Gasteiger partial charge in [-0.2, -0.15) is 0 Å². The van der Waals surface area contributed by atoms with Gasteiger partial charge in [-0.1, -0.05) is 36.4 Å². The number of methoxy groups -OCH3 is 1. The first kappa shape index (κ1) is 22.6. The van der Waals surface area contributed by atoms with Crippen LogP contribution in [-0.4, -0.2) is 50.9 Å². The van der Waals surface area contributed by atoms with E-state index in [1.54, 1.807) is 7.11 Å². The van der Waals surface area contributed by atoms with Crippen molar-refractivity contribution in [3.8, 4) is 17.2 Å². The highest BCUT2D eigenvalue weighted by atomic mass is 16.5. The number of ether oxygens (including phenoxy) is 3. The Morgan fingerprint density at radius 1 is 0.853 bits per heavy atom. The molecule has 3 aromatic carbocycles. The Kier molecular flexibility index (Phi) is 7.20. The molecule has 0 aliphatic carbocycles. The average molecular weight is 459 g/mol. The van der Waals surface area contributed by atoms with Crippen LogP contribution >= 0.6 is 0 Å². The van der Waals surface area contributed by atoms with Crippen molar-refractivity contribution in [2.75, 3.05) is 44.9 Å². The van der Waals surface area contributed by atoms with Gasteiger partial charge in [-0.3, -0.25) is 4.90 Å². The van der Waals surface area contributed by atoms with E-state index < -0.39 is 0 Å². The zero-order valence-corrected chi connectivity index (χ0v) is 20.0. The zero-order valence-electron chi connectivity index (χ0n) is 20.0. The molecule has 178 valence electrons. The Labute approximate surface area is 202 Å². The quantitative estimate of drug-likeness (QED) is 0.441. The molecule has 5 rings (SSSR count). The Morgan fingerprint density at radius 3 is 2.32 bits per heavy atom. The van der Waals surface area contributed by atoms with E-state index in [0.717, 1.165) is 49.1 Å². The summed E-state index contributed by atoms with van der Waals surface area (Å²) >= 11 is 0. The lowest BCUT2D eigenvalue weighted by Crippen LogP contribution is -2.44. The molecule has 0 spiro atoms. The van der Waals surface area contributed by atoms with Gasteiger partial charge in [0, 0.05) is 13.1 Å². The van der Waals surface area contributed by atoms with Crippen LogP contribution in [-0.2, 0) is 13.0 Å². The molecule has 2 aliphatic rings. The van der Waals surface area contributed by atoms with Crippen LogP contribution in [0.5, 0.6) is 17.2 Å². The van der Waals surface area contributed by atoms with Crippen LogP contribution in [0.15, 0.2) is 72.8 Å². The summed E-state index contributed by atoms with van der Waals surface area (Å²) in [6, 6.07) is 25.5. The molecule has 3 aromatic rings. The minimum Gasteiger partial charge on any atom is -0.497 e. The molecule has 0 bridgehead atoms. The van der Waals surface area contributed by atoms with Crippen molar-refractivity contribution >= 4 is 5.69 Å². The maximum absolute atomic E-state index is 6.14. The van der Waals surface area contributed by atoms with Gasteiger partial charge in [-0.05, 0) is 79.9 Å². The molecule has 0 radical (unpaired) electrons. The molecular formula is C29H34N2O3. The van der Waals surface area contributed by atoms with E-state index in [4.69, 9.17) is 14.2 Å². The Balaban J connectivity index is 1.26. The largest absolute Gasteiger partial charge is 0.497 e. The van der Waals surface area contributed by atoms with Crippen molar-refractivity contribution in [1.82, 2.24) is 4.90 Å². The average Bonchev–Trinajstić information content (AvgIpc) is 3.40. The van der Waals surface area contributed by atoms with E-state index in [0.29, 0.717) is 6.61 Å². The third kappa shape index (κ3) is 5.48. The smallest absolute Gasteiger partial charge is 0.142 e. The van der Waals surface area contributed by atoms with Gasteiger partial charge in [0.15, 0.2) is 0 Å². The molecule has 1 fully saturated rings. The van der Waals surface area contributed by atoms with E-state index in [9.17, 15) is 0 Å². The Bertz CT molecular complexity index is 1050. The van der Waals surface area contributed by atoms with Crippen molar-refractivity contribution in [1.29, 1.82) is 0 Å². The fourth-order valence-corrected chi connectivity index (χ4v) is 4.89. The van der Waals surface area contributed by atoms with E-state index >= 15 is 0 Å². The number of hydrogen-bond acceptors (Lipinski definition) is 5. The molecule has 2 aliphatic heterocycles. The monoisotopic (exact) mass is 458 g/mol. The normalized spacial score (nSPS) is 17.8. The standard InChI is InChI=1S/C29H34N2O3/c1-32-26-12-8-23(9-13-26)20-25-22-34-29-7-3-2-6-28(29)31(25)21-24-10-14-27(15-11-24)33-19-18-30-16-4-5-17-30/h2-3,6-15,25H,4-5,16-22H2,1H3/t25-/m0/s1. The molecule has 2 heterocycles. The van der Waals surface area contributed by atoms with Gasteiger partial charge in [0.1, 0.15) is 30.5 Å². The first-order valence-corrected chi connectivity index (χ1v) is 12.3. The highest BCUT2D eigenvalue weighted by Gasteiger charge is 2.27. The van der Waals surface area contributed by atoms with E-state index in [1.165, 1.54) is 37.1 Å². The van der Waals surface area contributed by atoms with Crippen LogP contribution in [0.3, 0.4) is 0 Å². The van der Waals surface area contributed by atoms with Crippen LogP contribution in [0, 0.1) is 0 Å². The minimum absolute atomic E-state index is 0.250. The highest BCUT2D eigenvalue weighted by Crippen LogP contribution is 2.36. The predicted molar refractivity (Wildman–Crippen MR) is 136 cm³/mol. The fourth-order valence-electron chi connectivity index (χ4n) is 4.89. The molecule has 5 nitrogen and oxygen atoms in total. The third-order valence-corrected chi connectivity index (χ3v) is 6.83. The second-order valence-corrected chi connectivity index (χ2v) is 9.15. The highest BCUT2D eigenvalue weighted by molar-refractivity contribution is 5.61. The molecular weight excluding hydrogens is 424 g/mol. The first-order chi connectivity index (χ1) is 16.8. The molecule has 0 saturated carbocycles. The number of fused-ring (bicyclic) bond motifs is 1. The number of anilines is 1. The number of para-hydroxylation sites is 2. The van der Waals surface area contributed by atoms with Gasteiger partial charge >= 0.3 is 0 Å². The van der Waals surface area contributed by atoms with Crippen molar-refractivity contribution < 1.29 is 14.2 Å². The van der Waals surface area contributed by atoms with Crippen LogP contribution in [0.25, 0.3) is 0 Å². The summed E-state index contributed by atoms with van der Waals surface area (Å²) in [5.74, 6) is 2.78. The first-order valence-electron chi connectivity index (χ1n) is 12.3. The second-order valence-electron chi connectivity index (χ2n) is 9.15. The number of benzene rings is 3. The number of likely N-dealkylation sites (tertiary alicyclic amines) is 1. The Morgan fingerprint density at radius 2 is 1.56 bits per heavy atom. The Hall–Kier alpha value is -3.18. The summed E-state index contributed by atoms with van der Waals surface area (Å²) in [5, 5.41) is 0. The SMILES string of the molecule is COc1ccc(C[C@H]2COc3ccccc3N2Cc2ccc(OCCN3CCCC3)cc2)cc1. The molecule has 0 N–H and O–H groups in total. The van der Waals surface area contributed by atoms with Crippen LogP contribution in [0.2, 0.25) is 0 Å². The molecule has 34 heavy (non-hydrogen) atoms. The van der Waals surface area contributed by atoms with Crippen molar-refractivity contribution in [3.63, 3.8) is 0 Å². The number of hydrogen-bond donors (Lipinski definition) is 0. The number of rotatable bonds is 9. The fraction of sp³-hybridized carbons (Fsp3) is 0.379. The molecule has 0 amide bonds. The summed E-state index contributed by atoms with van der Waals surface area (Å²) in [6.45, 7) is 5.68. The van der Waals surface area contributed by atoms with Crippen molar-refractivity contribution in [2.24, 2.45) is 0 Å². The van der Waals surface area contributed by atoms with E-state index in [1.807, 2.05) is 18.2 Å². The summed E-state index contributed by atoms with van der Waals surface area (Å²) in [7, 11) is 1.70. The van der Waals surface area contributed by atoms with E-state index in [-0.39, 0.29) is 6.04 Å². The van der Waals surface area contributed by atoms with Crippen LogP contribution in [0.4, 0.5) is 5.69 Å². The lowest BCUT2D eigenvalue weighted by molar-refractivity contribution is 0.237. The van der Waals surface area contributed by atoms with Gasteiger partial charge in [-0.15, -0.1) is 0 Å². The summed E-state index contributed by atoms with van der Waals surface area (Å²) in [6.07, 6.45) is 3.55. The van der Waals surface area contributed by atoms with Gasteiger partial charge in [-0.25, -0.2) is 0 Å². The third-order valence-electron chi connectivity index (χ3n) is 6.83. The van der Waals surface area contributed by atoms with Crippen LogP contribution in [0.1, 0.15) is 24.0 Å². The molecule has 1 saturated heterocycles. The molecule has 0 unspecified atom stereocenters. The van der Waals surface area contributed by atoms with Gasteiger partial charge in [0.25, 0.3) is 0 Å². The predicted octanol–water partition coefficient (Wildman–Crippen LogP) is 5.18. The lowest BCUT2D eigenvalue weighted by Gasteiger charge is -2.39. The van der Waals surface area contributed by atoms with Gasteiger partial charge in [0.05, 0.1) is 18.8 Å². The van der Waals surface area contributed by atoms with Gasteiger partial charge in [0.2, 0.25) is 0 Å². The zero-order chi connectivity index (χ0) is 23.2. The van der Waals surface area contributed by atoms with Crippen LogP contribution < -0.4 is 19.1 Å². The van der Waals surface area contributed by atoms with Crippen molar-refractivity contribution in [2.45, 2.75) is 31.8 Å². The van der Waals surface area contributed by atoms with Gasteiger partial charge < -0.3 is 19.1 Å². The summed E-state index contributed by atoms with van der Waals surface area (Å²) < 4.78 is 17.5. The maximum atomic E-state index is 6.14. The van der Waals surface area contributed by atoms with Crippen molar-refractivity contribution in [3.05, 3.63) is 83.9 Å². The summed E-state index contributed by atoms with van der Waals surface area (Å²) in [5.41, 5.74) is 3.70. The maximum Gasteiger partial charge on any atom is 0.142 e. The molecule has 0 aromatic heterocycles. The summed E-state index contributed by atoms with van der Waals surface area (Å²) in [4.78, 5) is 4.96. The minimum atomic E-state index is 0.250. The molecule has 1 atom stereocenters. The lowest BCUT2D eigenvalue weighted by atomic mass is 10.0. The second kappa shape index (κ2) is 10.8. The number of nitrogens with zero attached hydrogens (tertiary/aromatic N) is 2. The molecule has 5 heteroatoms.